The molecule has 0 aliphatic heterocycles. The lowest BCUT2D eigenvalue weighted by Gasteiger charge is -2.11. The molecule has 3 rings (SSSR count). The minimum absolute atomic E-state index is 0.280. The summed E-state index contributed by atoms with van der Waals surface area (Å²) in [6, 6.07) is 10.0. The Morgan fingerprint density at radius 2 is 1.85 bits per heavy atom. The van der Waals surface area contributed by atoms with Crippen molar-refractivity contribution < 1.29 is 4.39 Å². The number of aromatic amines is 2. The molecule has 0 spiro atoms. The molecule has 0 amide bonds. The van der Waals surface area contributed by atoms with E-state index in [1.807, 2.05) is 0 Å². The van der Waals surface area contributed by atoms with Crippen molar-refractivity contribution in [2.45, 2.75) is 5.38 Å². The minimum Gasteiger partial charge on any atom is -0.306 e. The molecule has 1 heterocycles. The van der Waals surface area contributed by atoms with Crippen molar-refractivity contribution in [3.63, 3.8) is 0 Å². The molecule has 2 aromatic carbocycles. The van der Waals surface area contributed by atoms with E-state index < -0.39 is 5.38 Å². The molecular weight excluding hydrogens is 347 g/mol. The van der Waals surface area contributed by atoms with Crippen LogP contribution in [0.1, 0.15) is 16.5 Å². The molecule has 0 radical (unpaired) electrons. The SMILES string of the molecule is O=c1[nH]c2ccc(C(Cl)c3ccc(Br)cc3F)cc2[nH]1. The van der Waals surface area contributed by atoms with Crippen LogP contribution >= 0.6 is 27.5 Å². The van der Waals surface area contributed by atoms with Gasteiger partial charge < -0.3 is 9.97 Å². The van der Waals surface area contributed by atoms with Crippen LogP contribution in [0.2, 0.25) is 0 Å². The first-order valence-corrected chi connectivity index (χ1v) is 7.08. The van der Waals surface area contributed by atoms with Gasteiger partial charge >= 0.3 is 5.69 Å². The molecule has 0 saturated heterocycles. The number of rotatable bonds is 2. The zero-order valence-corrected chi connectivity index (χ0v) is 12.4. The molecule has 0 fully saturated rings. The van der Waals surface area contributed by atoms with Gasteiger partial charge in [-0.2, -0.15) is 0 Å². The second kappa shape index (κ2) is 5.07. The van der Waals surface area contributed by atoms with Gasteiger partial charge in [-0.25, -0.2) is 9.18 Å². The van der Waals surface area contributed by atoms with E-state index in [0.717, 1.165) is 5.56 Å². The Bertz CT molecular complexity index is 843. The summed E-state index contributed by atoms with van der Waals surface area (Å²) < 4.78 is 14.6. The van der Waals surface area contributed by atoms with Crippen LogP contribution in [-0.4, -0.2) is 9.97 Å². The van der Waals surface area contributed by atoms with Crippen LogP contribution in [0, 0.1) is 5.82 Å². The number of alkyl halides is 1. The number of fused-ring (bicyclic) bond motifs is 1. The van der Waals surface area contributed by atoms with Gasteiger partial charge in [0.2, 0.25) is 0 Å². The van der Waals surface area contributed by atoms with Crippen LogP contribution in [0.4, 0.5) is 4.39 Å². The van der Waals surface area contributed by atoms with Crippen LogP contribution in [0.15, 0.2) is 45.7 Å². The highest BCUT2D eigenvalue weighted by Gasteiger charge is 2.16. The van der Waals surface area contributed by atoms with Crippen molar-refractivity contribution >= 4 is 38.6 Å². The number of halogens is 3. The highest BCUT2D eigenvalue weighted by Crippen LogP contribution is 2.32. The quantitative estimate of drug-likeness (QED) is 0.668. The van der Waals surface area contributed by atoms with Gasteiger partial charge in [-0.3, -0.25) is 0 Å². The van der Waals surface area contributed by atoms with Crippen LogP contribution in [0.3, 0.4) is 0 Å². The predicted molar refractivity (Wildman–Crippen MR) is 80.7 cm³/mol. The molecule has 6 heteroatoms. The number of imidazole rings is 1. The van der Waals surface area contributed by atoms with Gasteiger partial charge in [0.25, 0.3) is 0 Å². The molecule has 0 saturated carbocycles. The summed E-state index contributed by atoms with van der Waals surface area (Å²) in [5.41, 5.74) is 2.18. The molecule has 1 unspecified atom stereocenters. The number of benzene rings is 2. The number of hydrogen-bond donors (Lipinski definition) is 2. The van der Waals surface area contributed by atoms with Crippen LogP contribution < -0.4 is 5.69 Å². The number of aromatic nitrogens is 2. The van der Waals surface area contributed by atoms with Crippen molar-refractivity contribution in [3.8, 4) is 0 Å². The van der Waals surface area contributed by atoms with Crippen molar-refractivity contribution in [1.29, 1.82) is 0 Å². The number of nitrogens with one attached hydrogen (secondary N) is 2. The van der Waals surface area contributed by atoms with E-state index in [4.69, 9.17) is 11.6 Å². The summed E-state index contributed by atoms with van der Waals surface area (Å²) in [5.74, 6) is -0.373. The lowest BCUT2D eigenvalue weighted by Crippen LogP contribution is -1.99. The minimum atomic E-state index is -0.620. The summed E-state index contributed by atoms with van der Waals surface area (Å²) in [6.45, 7) is 0. The Kier molecular flexibility index (Phi) is 3.40. The van der Waals surface area contributed by atoms with Crippen LogP contribution in [-0.2, 0) is 0 Å². The van der Waals surface area contributed by atoms with Crippen molar-refractivity contribution in [3.05, 3.63) is 68.3 Å². The standard InChI is InChI=1S/C14H9BrClFN2O/c15-8-2-3-9(10(17)6-8)13(16)7-1-4-11-12(5-7)19-14(20)18-11/h1-6,13H,(H2,18,19,20). The maximum Gasteiger partial charge on any atom is 0.323 e. The molecule has 0 bridgehead atoms. The largest absolute Gasteiger partial charge is 0.323 e. The average molecular weight is 356 g/mol. The number of H-pyrrole nitrogens is 2. The molecular formula is C14H9BrClFN2O. The van der Waals surface area contributed by atoms with Gasteiger partial charge in [-0.05, 0) is 29.8 Å². The first-order valence-electron chi connectivity index (χ1n) is 5.85. The predicted octanol–water partition coefficient (Wildman–Crippen LogP) is 4.09. The highest BCUT2D eigenvalue weighted by molar-refractivity contribution is 9.10. The van der Waals surface area contributed by atoms with E-state index in [1.165, 1.54) is 6.07 Å². The third-order valence-corrected chi connectivity index (χ3v) is 4.05. The summed E-state index contributed by atoms with van der Waals surface area (Å²) in [5, 5.41) is -0.620. The third-order valence-electron chi connectivity index (χ3n) is 3.07. The molecule has 3 aromatic rings. The van der Waals surface area contributed by atoms with E-state index in [1.54, 1.807) is 30.3 Å². The molecule has 1 atom stereocenters. The van der Waals surface area contributed by atoms with E-state index >= 15 is 0 Å². The zero-order chi connectivity index (χ0) is 14.3. The van der Waals surface area contributed by atoms with E-state index in [-0.39, 0.29) is 11.5 Å². The van der Waals surface area contributed by atoms with Gasteiger partial charge in [0, 0.05) is 10.0 Å². The van der Waals surface area contributed by atoms with Crippen LogP contribution in [0.5, 0.6) is 0 Å². The van der Waals surface area contributed by atoms with Gasteiger partial charge in [0.15, 0.2) is 0 Å². The normalized spacial score (nSPS) is 12.8. The van der Waals surface area contributed by atoms with Crippen molar-refractivity contribution in [2.75, 3.05) is 0 Å². The fourth-order valence-corrected chi connectivity index (χ4v) is 2.74. The lowest BCUT2D eigenvalue weighted by molar-refractivity contribution is 0.611. The van der Waals surface area contributed by atoms with Gasteiger partial charge in [-0.1, -0.05) is 28.1 Å². The van der Waals surface area contributed by atoms with Gasteiger partial charge in [-0.15, -0.1) is 11.6 Å². The molecule has 0 aliphatic carbocycles. The Balaban J connectivity index is 2.06. The van der Waals surface area contributed by atoms with E-state index in [0.29, 0.717) is 21.1 Å². The Labute approximate surface area is 126 Å². The Morgan fingerprint density at radius 1 is 1.10 bits per heavy atom. The Hall–Kier alpha value is -1.59. The van der Waals surface area contributed by atoms with Crippen LogP contribution in [0.25, 0.3) is 11.0 Å². The summed E-state index contributed by atoms with van der Waals surface area (Å²) in [7, 11) is 0. The fourth-order valence-electron chi connectivity index (χ4n) is 2.09. The fraction of sp³-hybridized carbons (Fsp3) is 0.0714. The topological polar surface area (TPSA) is 48.6 Å². The van der Waals surface area contributed by atoms with Gasteiger partial charge in [0.1, 0.15) is 5.82 Å². The second-order valence-electron chi connectivity index (χ2n) is 4.41. The second-order valence-corrected chi connectivity index (χ2v) is 5.76. The van der Waals surface area contributed by atoms with Crippen molar-refractivity contribution in [1.82, 2.24) is 9.97 Å². The molecule has 20 heavy (non-hydrogen) atoms. The van der Waals surface area contributed by atoms with E-state index in [2.05, 4.69) is 25.9 Å². The first kappa shape index (κ1) is 13.4. The molecule has 0 aliphatic rings. The molecule has 1 aromatic heterocycles. The first-order chi connectivity index (χ1) is 9.54. The Morgan fingerprint density at radius 3 is 2.60 bits per heavy atom. The molecule has 3 nitrogen and oxygen atoms in total. The van der Waals surface area contributed by atoms with Gasteiger partial charge in [0.05, 0.1) is 16.4 Å². The summed E-state index contributed by atoms with van der Waals surface area (Å²) in [6.07, 6.45) is 0. The summed E-state index contributed by atoms with van der Waals surface area (Å²) in [4.78, 5) is 16.5. The molecule has 102 valence electrons. The molecule has 2 N–H and O–H groups in total. The average Bonchev–Trinajstić information content (AvgIpc) is 2.77. The maximum absolute atomic E-state index is 13.9. The third kappa shape index (κ3) is 2.39. The zero-order valence-electron chi connectivity index (χ0n) is 10.1. The lowest BCUT2D eigenvalue weighted by atomic mass is 10.0. The smallest absolute Gasteiger partial charge is 0.306 e. The number of hydrogen-bond acceptors (Lipinski definition) is 1. The highest BCUT2D eigenvalue weighted by atomic mass is 79.9. The summed E-state index contributed by atoms with van der Waals surface area (Å²) >= 11 is 9.55. The van der Waals surface area contributed by atoms with E-state index in [9.17, 15) is 9.18 Å². The van der Waals surface area contributed by atoms with Crippen molar-refractivity contribution in [2.24, 2.45) is 0 Å². The monoisotopic (exact) mass is 354 g/mol. The maximum atomic E-state index is 13.9.